The third kappa shape index (κ3) is 5.20. The summed E-state index contributed by atoms with van der Waals surface area (Å²) in [4.78, 5) is 5.32. The monoisotopic (exact) mass is 238 g/mol. The van der Waals surface area contributed by atoms with E-state index in [0.29, 0.717) is 6.61 Å². The highest BCUT2D eigenvalue weighted by molar-refractivity contribution is 6.01. The summed E-state index contributed by atoms with van der Waals surface area (Å²) in [5, 5.41) is 7.36. The first-order chi connectivity index (χ1) is 8.13. The average molecular weight is 238 g/mol. The van der Waals surface area contributed by atoms with Crippen LogP contribution in [-0.4, -0.2) is 37.6 Å². The molecule has 0 amide bonds. The Labute approximate surface area is 104 Å². The van der Waals surface area contributed by atoms with Crippen molar-refractivity contribution in [3.8, 4) is 11.8 Å². The molecule has 0 aromatic heterocycles. The maximum Gasteiger partial charge on any atom is 0.144 e. The molecule has 0 saturated carbocycles. The average Bonchev–Trinajstić information content (AvgIpc) is 2.28. The molecule has 0 aliphatic carbocycles. The molecule has 1 saturated heterocycles. The van der Waals surface area contributed by atoms with Crippen LogP contribution >= 0.6 is 0 Å². The summed E-state index contributed by atoms with van der Waals surface area (Å²) in [5.74, 6) is 6.07. The molecule has 0 spiro atoms. The number of nitrogens with zero attached hydrogens (tertiary/aromatic N) is 1. The van der Waals surface area contributed by atoms with Crippen LogP contribution in [-0.2, 0) is 9.57 Å². The molecular weight excluding hydrogens is 216 g/mol. The van der Waals surface area contributed by atoms with Crippen molar-refractivity contribution in [1.29, 1.82) is 0 Å². The number of hydrogen-bond donors (Lipinski definition) is 1. The van der Waals surface area contributed by atoms with Crippen molar-refractivity contribution < 1.29 is 9.57 Å². The van der Waals surface area contributed by atoms with Gasteiger partial charge in [0.05, 0.1) is 6.10 Å². The Kier molecular flexibility index (Phi) is 6.03. The second-order valence-corrected chi connectivity index (χ2v) is 4.53. The number of hydrogen-bond acceptors (Lipinski definition) is 4. The molecule has 0 unspecified atom stereocenters. The molecule has 2 atom stereocenters. The van der Waals surface area contributed by atoms with E-state index in [2.05, 4.69) is 22.3 Å². The van der Waals surface area contributed by atoms with Crippen LogP contribution in [0.5, 0.6) is 0 Å². The van der Waals surface area contributed by atoms with Gasteiger partial charge < -0.3 is 14.9 Å². The number of rotatable bonds is 4. The summed E-state index contributed by atoms with van der Waals surface area (Å²) in [5.41, 5.74) is 0.782. The van der Waals surface area contributed by atoms with Crippen LogP contribution in [0.2, 0.25) is 0 Å². The summed E-state index contributed by atoms with van der Waals surface area (Å²) < 4.78 is 5.70. The second-order valence-electron chi connectivity index (χ2n) is 4.53. The van der Waals surface area contributed by atoms with Gasteiger partial charge in [-0.25, -0.2) is 0 Å². The third-order valence-electron chi connectivity index (χ3n) is 2.45. The summed E-state index contributed by atoms with van der Waals surface area (Å²) in [6.07, 6.45) is 0.312. The number of oxime groups is 1. The van der Waals surface area contributed by atoms with Gasteiger partial charge in [-0.05, 0) is 19.8 Å². The van der Waals surface area contributed by atoms with Crippen molar-refractivity contribution in [3.63, 3.8) is 0 Å². The van der Waals surface area contributed by atoms with Crippen LogP contribution in [0.1, 0.15) is 27.7 Å². The van der Waals surface area contributed by atoms with Crippen LogP contribution in [0.25, 0.3) is 0 Å². The standard InChI is InChI=1S/C13H22N2O2/c1-5-6-13(10(2)3)15-16-9-12-8-14-7-11(4)17-12/h10-12,14H,7-9H2,1-4H3/b15-13+/t11-,12-/m1/s1. The van der Waals surface area contributed by atoms with Crippen molar-refractivity contribution in [2.45, 2.75) is 39.9 Å². The third-order valence-corrected chi connectivity index (χ3v) is 2.45. The Bertz CT molecular complexity index is 315. The first-order valence-electron chi connectivity index (χ1n) is 6.12. The molecular formula is C13H22N2O2. The Morgan fingerprint density at radius 2 is 2.29 bits per heavy atom. The van der Waals surface area contributed by atoms with Gasteiger partial charge in [-0.2, -0.15) is 0 Å². The fourth-order valence-corrected chi connectivity index (χ4v) is 1.56. The van der Waals surface area contributed by atoms with Crippen LogP contribution in [0.3, 0.4) is 0 Å². The maximum atomic E-state index is 5.70. The summed E-state index contributed by atoms with van der Waals surface area (Å²) >= 11 is 0. The minimum atomic E-state index is 0.0745. The quantitative estimate of drug-likeness (QED) is 0.457. The predicted molar refractivity (Wildman–Crippen MR) is 68.9 cm³/mol. The van der Waals surface area contributed by atoms with Crippen molar-refractivity contribution in [1.82, 2.24) is 5.32 Å². The van der Waals surface area contributed by atoms with E-state index in [1.165, 1.54) is 0 Å². The molecule has 4 nitrogen and oxygen atoms in total. The van der Waals surface area contributed by atoms with E-state index < -0.39 is 0 Å². The van der Waals surface area contributed by atoms with Gasteiger partial charge in [0.1, 0.15) is 18.4 Å². The van der Waals surface area contributed by atoms with E-state index >= 15 is 0 Å². The minimum absolute atomic E-state index is 0.0745. The Morgan fingerprint density at radius 1 is 1.53 bits per heavy atom. The lowest BCUT2D eigenvalue weighted by Gasteiger charge is -2.27. The number of ether oxygens (including phenoxy) is 1. The van der Waals surface area contributed by atoms with Gasteiger partial charge in [-0.3, -0.25) is 0 Å². The first-order valence-corrected chi connectivity index (χ1v) is 6.12. The molecule has 1 fully saturated rings. The molecule has 1 aliphatic rings. The van der Waals surface area contributed by atoms with Gasteiger partial charge in [-0.15, -0.1) is 0 Å². The lowest BCUT2D eigenvalue weighted by molar-refractivity contribution is -0.0680. The highest BCUT2D eigenvalue weighted by Gasteiger charge is 2.19. The fourth-order valence-electron chi connectivity index (χ4n) is 1.56. The van der Waals surface area contributed by atoms with Crippen molar-refractivity contribution in [3.05, 3.63) is 0 Å². The van der Waals surface area contributed by atoms with E-state index in [0.717, 1.165) is 18.8 Å². The van der Waals surface area contributed by atoms with Crippen molar-refractivity contribution in [2.75, 3.05) is 19.7 Å². The molecule has 1 aliphatic heterocycles. The molecule has 1 N–H and O–H groups in total. The largest absolute Gasteiger partial charge is 0.392 e. The molecule has 96 valence electrons. The first kappa shape index (κ1) is 14.0. The lowest BCUT2D eigenvalue weighted by atomic mass is 10.1. The van der Waals surface area contributed by atoms with Crippen LogP contribution in [0.15, 0.2) is 5.16 Å². The van der Waals surface area contributed by atoms with E-state index in [9.17, 15) is 0 Å². The van der Waals surface area contributed by atoms with Crippen molar-refractivity contribution in [2.24, 2.45) is 11.1 Å². The van der Waals surface area contributed by atoms with E-state index in [1.54, 1.807) is 6.92 Å². The van der Waals surface area contributed by atoms with E-state index in [4.69, 9.17) is 9.57 Å². The number of nitrogens with one attached hydrogen (secondary N) is 1. The second kappa shape index (κ2) is 7.31. The van der Waals surface area contributed by atoms with Gasteiger partial charge in [-0.1, -0.05) is 24.9 Å². The Morgan fingerprint density at radius 3 is 2.88 bits per heavy atom. The molecule has 0 bridgehead atoms. The summed E-state index contributed by atoms with van der Waals surface area (Å²) in [6.45, 7) is 10.1. The molecule has 4 heteroatoms. The minimum Gasteiger partial charge on any atom is -0.392 e. The van der Waals surface area contributed by atoms with Gasteiger partial charge in [0.2, 0.25) is 0 Å². The smallest absolute Gasteiger partial charge is 0.144 e. The molecule has 0 radical (unpaired) electrons. The zero-order valence-electron chi connectivity index (χ0n) is 11.1. The normalized spacial score (nSPS) is 25.4. The fraction of sp³-hybridized carbons (Fsp3) is 0.769. The lowest BCUT2D eigenvalue weighted by Crippen LogP contribution is -2.45. The Hall–Kier alpha value is -1.05. The van der Waals surface area contributed by atoms with Crippen LogP contribution in [0.4, 0.5) is 0 Å². The zero-order valence-corrected chi connectivity index (χ0v) is 11.1. The summed E-state index contributed by atoms with van der Waals surface area (Å²) in [6, 6.07) is 0. The van der Waals surface area contributed by atoms with Crippen LogP contribution in [0, 0.1) is 17.8 Å². The molecule has 1 rings (SSSR count). The van der Waals surface area contributed by atoms with Gasteiger partial charge in [0.15, 0.2) is 0 Å². The number of morpholine rings is 1. The highest BCUT2D eigenvalue weighted by atomic mass is 16.6. The van der Waals surface area contributed by atoms with E-state index in [-0.39, 0.29) is 18.1 Å². The summed E-state index contributed by atoms with van der Waals surface area (Å²) in [7, 11) is 0. The van der Waals surface area contributed by atoms with Crippen molar-refractivity contribution >= 4 is 5.71 Å². The van der Waals surface area contributed by atoms with E-state index in [1.807, 2.05) is 20.8 Å². The molecule has 1 heterocycles. The topological polar surface area (TPSA) is 42.8 Å². The Balaban J connectivity index is 2.38. The van der Waals surface area contributed by atoms with Gasteiger partial charge in [0.25, 0.3) is 0 Å². The predicted octanol–water partition coefficient (Wildman–Crippen LogP) is 1.42. The zero-order chi connectivity index (χ0) is 12.7. The molecule has 0 aromatic carbocycles. The van der Waals surface area contributed by atoms with Gasteiger partial charge in [0, 0.05) is 19.0 Å². The maximum absolute atomic E-state index is 5.70. The SMILES string of the molecule is CC#C/C(=N\OC[C@H]1CNC[C@@H](C)O1)C(C)C. The van der Waals surface area contributed by atoms with Crippen LogP contribution < -0.4 is 5.32 Å². The highest BCUT2D eigenvalue weighted by Crippen LogP contribution is 2.04. The molecule has 0 aromatic rings. The van der Waals surface area contributed by atoms with Gasteiger partial charge >= 0.3 is 0 Å². The molecule has 17 heavy (non-hydrogen) atoms.